The lowest BCUT2D eigenvalue weighted by Gasteiger charge is -2.18. The summed E-state index contributed by atoms with van der Waals surface area (Å²) in [7, 11) is 0. The third kappa shape index (κ3) is 20.2. The molecule has 0 atom stereocenters. The van der Waals surface area contributed by atoms with Crippen molar-refractivity contribution in [2.24, 2.45) is 5.92 Å². The van der Waals surface area contributed by atoms with Gasteiger partial charge in [0.25, 0.3) is 0 Å². The fourth-order valence-electron chi connectivity index (χ4n) is 2.65. The monoisotopic (exact) mass is 367 g/mol. The molecule has 0 saturated heterocycles. The van der Waals surface area contributed by atoms with E-state index in [4.69, 9.17) is 4.74 Å². The zero-order valence-electron chi connectivity index (χ0n) is 16.3. The molecule has 0 aliphatic rings. The third-order valence-corrected chi connectivity index (χ3v) is 4.38. The number of hydroxylamine groups is 4. The normalized spacial score (nSPS) is 11.8. The Morgan fingerprint density at radius 1 is 0.750 bits per heavy atom. The molecule has 0 aliphatic carbocycles. The molecule has 0 aromatic rings. The highest BCUT2D eigenvalue weighted by Crippen LogP contribution is 2.12. The van der Waals surface area contributed by atoms with E-state index in [0.29, 0.717) is 13.1 Å². The summed E-state index contributed by atoms with van der Waals surface area (Å²) in [6.07, 6.45) is 13.8. The molecule has 0 saturated carbocycles. The maximum Gasteiger partial charge on any atom is 0.142 e. The summed E-state index contributed by atoms with van der Waals surface area (Å²) in [4.78, 5) is -0.864. The molecule has 0 amide bonds. The zero-order chi connectivity index (χ0) is 17.4. The lowest BCUT2D eigenvalue weighted by Crippen LogP contribution is -3.00. The smallest absolute Gasteiger partial charge is 0.142 e. The van der Waals surface area contributed by atoms with Gasteiger partial charge in [0, 0.05) is 19.6 Å². The van der Waals surface area contributed by atoms with Gasteiger partial charge in [-0.1, -0.05) is 65.2 Å². The standard InChI is InChI=1S/C19H42NO3.ClH/c1-4-20(21,22)16-12-14-18-23-17-13-10-8-6-5-7-9-11-15-19(2)3;/h19,21-22H,4-18H2,1-3H3;1H/q+1;/p-1. The van der Waals surface area contributed by atoms with E-state index in [0.717, 1.165) is 38.4 Å². The number of nitrogens with zero attached hydrogens (tertiary/aromatic N) is 1. The van der Waals surface area contributed by atoms with E-state index >= 15 is 0 Å². The van der Waals surface area contributed by atoms with Gasteiger partial charge in [-0.25, -0.2) is 0 Å². The topological polar surface area (TPSA) is 49.7 Å². The van der Waals surface area contributed by atoms with Crippen molar-refractivity contribution in [1.82, 2.24) is 0 Å². The van der Waals surface area contributed by atoms with Gasteiger partial charge in [0.05, 0.1) is 0 Å². The summed E-state index contributed by atoms with van der Waals surface area (Å²) in [5.41, 5.74) is 0. The molecular weight excluding hydrogens is 326 g/mol. The fourth-order valence-corrected chi connectivity index (χ4v) is 2.65. The lowest BCUT2D eigenvalue weighted by atomic mass is 10.0. The summed E-state index contributed by atoms with van der Waals surface area (Å²) < 4.78 is 5.59. The molecule has 148 valence electrons. The molecule has 0 fully saturated rings. The molecule has 0 radical (unpaired) electrons. The van der Waals surface area contributed by atoms with Crippen molar-refractivity contribution in [3.05, 3.63) is 0 Å². The minimum Gasteiger partial charge on any atom is -1.00 e. The number of hydrogen-bond donors (Lipinski definition) is 2. The number of unbranched alkanes of at least 4 members (excludes halogenated alkanes) is 8. The Morgan fingerprint density at radius 2 is 1.21 bits per heavy atom. The molecule has 0 unspecified atom stereocenters. The van der Waals surface area contributed by atoms with Crippen LogP contribution in [0.15, 0.2) is 0 Å². The zero-order valence-corrected chi connectivity index (χ0v) is 17.1. The number of ether oxygens (including phenoxy) is 1. The number of rotatable bonds is 17. The van der Waals surface area contributed by atoms with Crippen LogP contribution in [0.25, 0.3) is 0 Å². The fraction of sp³-hybridized carbons (Fsp3) is 1.00. The molecule has 4 nitrogen and oxygen atoms in total. The molecule has 0 rings (SSSR count). The van der Waals surface area contributed by atoms with Crippen LogP contribution in [-0.4, -0.2) is 41.5 Å². The van der Waals surface area contributed by atoms with E-state index in [1.165, 1.54) is 51.4 Å². The molecule has 0 aromatic carbocycles. The van der Waals surface area contributed by atoms with E-state index in [-0.39, 0.29) is 12.4 Å². The number of halogens is 1. The Bertz CT molecular complexity index is 251. The van der Waals surface area contributed by atoms with Gasteiger partial charge in [-0.3, -0.25) is 0 Å². The van der Waals surface area contributed by atoms with Gasteiger partial charge in [-0.2, -0.15) is 10.4 Å². The summed E-state index contributed by atoms with van der Waals surface area (Å²) in [5, 5.41) is 18.8. The second-order valence-corrected chi connectivity index (χ2v) is 7.25. The van der Waals surface area contributed by atoms with Crippen molar-refractivity contribution in [2.45, 2.75) is 91.4 Å². The molecule has 0 bridgehead atoms. The second kappa shape index (κ2) is 17.9. The molecule has 0 spiro atoms. The lowest BCUT2D eigenvalue weighted by molar-refractivity contribution is -1.24. The molecular formula is C19H42ClNO3. The first-order valence-electron chi connectivity index (χ1n) is 9.88. The highest BCUT2D eigenvalue weighted by atomic mass is 35.5. The highest BCUT2D eigenvalue weighted by Gasteiger charge is 2.17. The van der Waals surface area contributed by atoms with Gasteiger partial charge in [0.15, 0.2) is 0 Å². The first kappa shape index (κ1) is 26.4. The van der Waals surface area contributed by atoms with Crippen molar-refractivity contribution in [3.63, 3.8) is 0 Å². The van der Waals surface area contributed by atoms with E-state index < -0.39 is 4.81 Å². The Morgan fingerprint density at radius 3 is 1.71 bits per heavy atom. The minimum absolute atomic E-state index is 0. The van der Waals surface area contributed by atoms with Gasteiger partial charge in [-0.15, -0.1) is 0 Å². The van der Waals surface area contributed by atoms with E-state index in [2.05, 4.69) is 13.8 Å². The third-order valence-electron chi connectivity index (χ3n) is 4.38. The van der Waals surface area contributed by atoms with Crippen LogP contribution in [0.2, 0.25) is 0 Å². The van der Waals surface area contributed by atoms with Gasteiger partial charge < -0.3 is 17.1 Å². The predicted octanol–water partition coefficient (Wildman–Crippen LogP) is 2.57. The van der Waals surface area contributed by atoms with Crippen LogP contribution in [-0.2, 0) is 4.74 Å². The van der Waals surface area contributed by atoms with Crippen LogP contribution in [0, 0.1) is 5.92 Å². The average molecular weight is 368 g/mol. The van der Waals surface area contributed by atoms with Crippen LogP contribution in [0.4, 0.5) is 0 Å². The minimum atomic E-state index is -0.864. The van der Waals surface area contributed by atoms with E-state index in [1.54, 1.807) is 6.92 Å². The van der Waals surface area contributed by atoms with Gasteiger partial charge >= 0.3 is 0 Å². The first-order chi connectivity index (χ1) is 11.0. The SMILES string of the molecule is CC[N+](O)(O)CCCCOCCCCCCCCCCC(C)C.[Cl-]. The van der Waals surface area contributed by atoms with Crippen molar-refractivity contribution in [2.75, 3.05) is 26.3 Å². The first-order valence-corrected chi connectivity index (χ1v) is 9.88. The van der Waals surface area contributed by atoms with Gasteiger partial charge in [0.1, 0.15) is 13.1 Å². The summed E-state index contributed by atoms with van der Waals surface area (Å²) in [6.45, 7) is 8.68. The Kier molecular flexibility index (Phi) is 19.7. The Labute approximate surface area is 156 Å². The van der Waals surface area contributed by atoms with Crippen molar-refractivity contribution < 1.29 is 32.4 Å². The molecule has 0 aromatic heterocycles. The quantitative estimate of drug-likeness (QED) is 0.236. The van der Waals surface area contributed by atoms with Crippen molar-refractivity contribution in [1.29, 1.82) is 0 Å². The summed E-state index contributed by atoms with van der Waals surface area (Å²) in [6, 6.07) is 0. The average Bonchev–Trinajstić information content (AvgIpc) is 2.50. The molecule has 24 heavy (non-hydrogen) atoms. The van der Waals surface area contributed by atoms with Gasteiger partial charge in [-0.05, 0) is 30.5 Å². The van der Waals surface area contributed by atoms with Crippen LogP contribution < -0.4 is 12.4 Å². The van der Waals surface area contributed by atoms with Gasteiger partial charge in [0.2, 0.25) is 0 Å². The van der Waals surface area contributed by atoms with Crippen LogP contribution >= 0.6 is 0 Å². The van der Waals surface area contributed by atoms with E-state index in [1.807, 2.05) is 0 Å². The summed E-state index contributed by atoms with van der Waals surface area (Å²) >= 11 is 0. The van der Waals surface area contributed by atoms with Crippen LogP contribution in [0.3, 0.4) is 0 Å². The summed E-state index contributed by atoms with van der Waals surface area (Å²) in [5.74, 6) is 0.857. The highest BCUT2D eigenvalue weighted by molar-refractivity contribution is 4.49. The largest absolute Gasteiger partial charge is 1.00 e. The van der Waals surface area contributed by atoms with Crippen molar-refractivity contribution in [3.8, 4) is 0 Å². The maximum atomic E-state index is 9.39. The molecule has 2 N–H and O–H groups in total. The van der Waals surface area contributed by atoms with Crippen LogP contribution in [0.5, 0.6) is 0 Å². The predicted molar refractivity (Wildman–Crippen MR) is 95.7 cm³/mol. The molecule has 5 heteroatoms. The number of hydrogen-bond acceptors (Lipinski definition) is 3. The van der Waals surface area contributed by atoms with Crippen LogP contribution in [0.1, 0.15) is 91.4 Å². The second-order valence-electron chi connectivity index (χ2n) is 7.25. The molecule has 0 aliphatic heterocycles. The number of quaternary nitrogens is 1. The van der Waals surface area contributed by atoms with E-state index in [9.17, 15) is 10.4 Å². The van der Waals surface area contributed by atoms with Crippen molar-refractivity contribution >= 4 is 0 Å². The maximum absolute atomic E-state index is 9.39. The Hall–Kier alpha value is 0.130. The Balaban J connectivity index is 0. The molecule has 0 heterocycles.